The summed E-state index contributed by atoms with van der Waals surface area (Å²) in [5, 5.41) is 2.94. The summed E-state index contributed by atoms with van der Waals surface area (Å²) < 4.78 is 0. The number of hydrogen-bond acceptors (Lipinski definition) is 2. The van der Waals surface area contributed by atoms with Crippen LogP contribution < -0.4 is 5.32 Å². The fourth-order valence-corrected chi connectivity index (χ4v) is 0.829. The molecule has 1 nitrogen and oxygen atoms in total. The molecule has 33 valence electrons. The van der Waals surface area contributed by atoms with E-state index in [0.29, 0.717) is 0 Å². The molecule has 0 bridgehead atoms. The molecule has 1 aliphatic rings. The Morgan fingerprint density at radius 1 is 1.83 bits per heavy atom. The van der Waals surface area contributed by atoms with Gasteiger partial charge < -0.3 is 5.32 Å². The fourth-order valence-electron chi connectivity index (χ4n) is 0.324. The first-order valence-electron chi connectivity index (χ1n) is 1.88. The van der Waals surface area contributed by atoms with Crippen LogP contribution in [0.4, 0.5) is 0 Å². The maximum absolute atomic E-state index is 2.94. The molecule has 0 atom stereocenters. The van der Waals surface area contributed by atoms with E-state index >= 15 is 0 Å². The van der Waals surface area contributed by atoms with Gasteiger partial charge in [0.25, 0.3) is 0 Å². The molecule has 1 N–H and O–H groups in total. The average Bonchev–Trinajstić information content (AvgIpc) is 1.72. The van der Waals surface area contributed by atoms with Gasteiger partial charge in [0.2, 0.25) is 0 Å². The van der Waals surface area contributed by atoms with Crippen molar-refractivity contribution in [3.05, 3.63) is 12.3 Å². The zero-order valence-electron chi connectivity index (χ0n) is 3.40. The third-order valence-electron chi connectivity index (χ3n) is 0.580. The van der Waals surface area contributed by atoms with E-state index in [2.05, 4.69) is 11.5 Å². The molecule has 2 heteroatoms. The van der Waals surface area contributed by atoms with E-state index in [0.717, 1.165) is 11.6 Å². The highest BCUT2D eigenvalue weighted by atomic mass is 32.2. The lowest BCUT2D eigenvalue weighted by Gasteiger charge is -2.00. The standard InChI is InChI=1S/C4H6NS/c1-2-5-4-6-3-1/h1,5H,3-4H2. The van der Waals surface area contributed by atoms with Crippen LogP contribution in [0.2, 0.25) is 0 Å². The Balaban J connectivity index is 2.26. The molecule has 1 heterocycles. The lowest BCUT2D eigenvalue weighted by Crippen LogP contribution is -2.07. The lowest BCUT2D eigenvalue weighted by molar-refractivity contribution is 1.01. The first-order chi connectivity index (χ1) is 3.00. The molecular formula is C4H6NS. The molecule has 0 saturated carbocycles. The number of rotatable bonds is 0. The molecule has 1 radical (unpaired) electrons. The molecule has 0 saturated heterocycles. The van der Waals surface area contributed by atoms with Gasteiger partial charge in [-0.05, 0) is 6.08 Å². The Morgan fingerprint density at radius 2 is 2.83 bits per heavy atom. The minimum atomic E-state index is 1.02. The van der Waals surface area contributed by atoms with Gasteiger partial charge in [-0.3, -0.25) is 0 Å². The summed E-state index contributed by atoms with van der Waals surface area (Å²) in [6.45, 7) is 0. The van der Waals surface area contributed by atoms with Crippen LogP contribution in [0.3, 0.4) is 0 Å². The minimum absolute atomic E-state index is 1.02. The van der Waals surface area contributed by atoms with Crippen molar-refractivity contribution in [3.8, 4) is 0 Å². The summed E-state index contributed by atoms with van der Waals surface area (Å²) in [7, 11) is 0. The summed E-state index contributed by atoms with van der Waals surface area (Å²) in [4.78, 5) is 0. The minimum Gasteiger partial charge on any atom is -0.375 e. The van der Waals surface area contributed by atoms with Gasteiger partial charge in [-0.1, -0.05) is 0 Å². The summed E-state index contributed by atoms with van der Waals surface area (Å²) >= 11 is 1.87. The maximum atomic E-state index is 2.94. The highest BCUT2D eigenvalue weighted by Gasteiger charge is 1.85. The molecule has 1 aliphatic heterocycles. The molecule has 6 heavy (non-hydrogen) atoms. The van der Waals surface area contributed by atoms with Crippen LogP contribution in [0.1, 0.15) is 0 Å². The van der Waals surface area contributed by atoms with E-state index in [1.165, 1.54) is 0 Å². The van der Waals surface area contributed by atoms with Crippen LogP contribution in [0, 0.1) is 6.20 Å². The molecule has 0 aliphatic carbocycles. The Labute approximate surface area is 41.8 Å². The Hall–Kier alpha value is -0.110. The number of nitrogens with one attached hydrogen (secondary N) is 1. The van der Waals surface area contributed by atoms with E-state index in [9.17, 15) is 0 Å². The van der Waals surface area contributed by atoms with E-state index in [4.69, 9.17) is 0 Å². The van der Waals surface area contributed by atoms with Crippen molar-refractivity contribution < 1.29 is 0 Å². The second-order valence-corrected chi connectivity index (χ2v) is 2.07. The quantitative estimate of drug-likeness (QED) is 0.478. The number of hydrogen-bond donors (Lipinski definition) is 1. The van der Waals surface area contributed by atoms with E-state index in [1.807, 2.05) is 17.8 Å². The van der Waals surface area contributed by atoms with Gasteiger partial charge in [0.15, 0.2) is 0 Å². The van der Waals surface area contributed by atoms with E-state index in [-0.39, 0.29) is 0 Å². The molecule has 0 fully saturated rings. The topological polar surface area (TPSA) is 12.0 Å². The van der Waals surface area contributed by atoms with Gasteiger partial charge in [0, 0.05) is 5.75 Å². The van der Waals surface area contributed by atoms with Gasteiger partial charge in [-0.15, -0.1) is 11.8 Å². The number of thioether (sulfide) groups is 1. The predicted molar refractivity (Wildman–Crippen MR) is 28.3 cm³/mol. The van der Waals surface area contributed by atoms with Gasteiger partial charge in [-0.25, -0.2) is 0 Å². The summed E-state index contributed by atoms with van der Waals surface area (Å²) in [6.07, 6.45) is 4.88. The predicted octanol–water partition coefficient (Wildman–Crippen LogP) is 0.597. The van der Waals surface area contributed by atoms with Crippen LogP contribution in [0.5, 0.6) is 0 Å². The summed E-state index contributed by atoms with van der Waals surface area (Å²) in [5.74, 6) is 2.14. The molecule has 0 aromatic rings. The highest BCUT2D eigenvalue weighted by molar-refractivity contribution is 7.99. The molecule has 1 rings (SSSR count). The Bertz CT molecular complexity index is 52.6. The molecule has 0 aromatic carbocycles. The zero-order valence-corrected chi connectivity index (χ0v) is 4.22. The second kappa shape index (κ2) is 2.13. The van der Waals surface area contributed by atoms with Crippen LogP contribution >= 0.6 is 11.8 Å². The highest BCUT2D eigenvalue weighted by Crippen LogP contribution is 1.99. The molecule has 0 unspecified atom stereocenters. The molecular weight excluding hydrogens is 94.1 g/mol. The van der Waals surface area contributed by atoms with Crippen molar-refractivity contribution in [1.82, 2.24) is 5.32 Å². The van der Waals surface area contributed by atoms with Crippen molar-refractivity contribution in [2.75, 3.05) is 11.6 Å². The monoisotopic (exact) mass is 100 g/mol. The van der Waals surface area contributed by atoms with Gasteiger partial charge >= 0.3 is 0 Å². The van der Waals surface area contributed by atoms with Gasteiger partial charge in [0.05, 0.1) is 12.1 Å². The van der Waals surface area contributed by atoms with Crippen molar-refractivity contribution in [2.45, 2.75) is 0 Å². The normalized spacial score (nSPS) is 20.0. The SMILES string of the molecule is [C]1=CCSCN1. The van der Waals surface area contributed by atoms with E-state index < -0.39 is 0 Å². The lowest BCUT2D eigenvalue weighted by atomic mass is 10.7. The maximum Gasteiger partial charge on any atom is 0.0614 e. The molecule has 0 spiro atoms. The average molecular weight is 100 g/mol. The molecule has 0 amide bonds. The smallest absolute Gasteiger partial charge is 0.0614 e. The van der Waals surface area contributed by atoms with Crippen LogP contribution in [-0.2, 0) is 0 Å². The third kappa shape index (κ3) is 0.937. The summed E-state index contributed by atoms with van der Waals surface area (Å²) in [5.41, 5.74) is 0. The zero-order chi connectivity index (χ0) is 4.24. The van der Waals surface area contributed by atoms with Crippen LogP contribution in [0.25, 0.3) is 0 Å². The summed E-state index contributed by atoms with van der Waals surface area (Å²) in [6, 6.07) is 0. The van der Waals surface area contributed by atoms with Crippen molar-refractivity contribution in [1.29, 1.82) is 0 Å². The second-order valence-electron chi connectivity index (χ2n) is 1.04. The third-order valence-corrected chi connectivity index (χ3v) is 1.33. The van der Waals surface area contributed by atoms with Crippen LogP contribution in [0.15, 0.2) is 6.08 Å². The Kier molecular flexibility index (Phi) is 1.44. The Morgan fingerprint density at radius 3 is 3.00 bits per heavy atom. The van der Waals surface area contributed by atoms with Gasteiger partial charge in [0.1, 0.15) is 0 Å². The fraction of sp³-hybridized carbons (Fsp3) is 0.500. The first-order valence-corrected chi connectivity index (χ1v) is 3.03. The van der Waals surface area contributed by atoms with E-state index in [1.54, 1.807) is 0 Å². The van der Waals surface area contributed by atoms with Crippen molar-refractivity contribution in [2.24, 2.45) is 0 Å². The van der Waals surface area contributed by atoms with Crippen LogP contribution in [-0.4, -0.2) is 11.6 Å². The largest absolute Gasteiger partial charge is 0.375 e. The van der Waals surface area contributed by atoms with Crippen molar-refractivity contribution in [3.63, 3.8) is 0 Å². The van der Waals surface area contributed by atoms with Crippen molar-refractivity contribution >= 4 is 11.8 Å². The first kappa shape index (κ1) is 4.06. The molecule has 0 aromatic heterocycles. The van der Waals surface area contributed by atoms with Gasteiger partial charge in [-0.2, -0.15) is 0 Å².